The number of nitrogens with zero attached hydrogens (tertiary/aromatic N) is 1. The summed E-state index contributed by atoms with van der Waals surface area (Å²) in [5, 5.41) is 9.77. The smallest absolute Gasteiger partial charge is 0.178 e. The van der Waals surface area contributed by atoms with Crippen LogP contribution in [0, 0.1) is 62.1 Å². The second-order valence-electron chi connectivity index (χ2n) is 13.9. The molecule has 0 heterocycles. The molecule has 0 aliphatic heterocycles. The first-order valence-corrected chi connectivity index (χ1v) is 13.1. The van der Waals surface area contributed by atoms with Crippen LogP contribution in [0.4, 0.5) is 0 Å². The van der Waals surface area contributed by atoms with Crippen molar-refractivity contribution in [3.05, 3.63) is 23.3 Å². The van der Waals surface area contributed by atoms with Crippen LogP contribution in [0.25, 0.3) is 0 Å². The van der Waals surface area contributed by atoms with Crippen LogP contribution in [0.2, 0.25) is 0 Å². The standard InChI is InChI=1S/C30H38NO3.Y/c1-26(2)11-12-30(17-32)10-7-19-24(20(30)15-26)21(33)13-23-28(19,5)9-8-22-27(3,4)25(34)18(16-31)14-29(22,23)6;/h13-14,19-20,22,24H,7-12,15H2,1-6H3;/q-1;. The number of carbonyl (C=O) groups excluding carboxylic acids is 3. The zero-order valence-electron chi connectivity index (χ0n) is 22.2. The quantitative estimate of drug-likeness (QED) is 0.381. The van der Waals surface area contributed by atoms with Crippen molar-refractivity contribution < 1.29 is 47.1 Å². The third-order valence-electron chi connectivity index (χ3n) is 11.3. The van der Waals surface area contributed by atoms with Gasteiger partial charge >= 0.3 is 0 Å². The minimum Gasteiger partial charge on any atom is -0.541 e. The molecule has 5 heteroatoms. The molecule has 5 rings (SSSR count). The normalized spacial score (nSPS) is 45.2. The number of rotatable bonds is 1. The van der Waals surface area contributed by atoms with Crippen molar-refractivity contribution in [2.24, 2.45) is 50.7 Å². The second kappa shape index (κ2) is 8.29. The molecule has 3 saturated carbocycles. The molecule has 0 bridgehead atoms. The number of ketones is 2. The van der Waals surface area contributed by atoms with Gasteiger partial charge in [0.1, 0.15) is 6.07 Å². The molecule has 5 aliphatic carbocycles. The molecule has 3 fully saturated rings. The number of Topliss-reactive ketones (excluding diaryl/α,β-unsaturated/α-hetero) is 1. The van der Waals surface area contributed by atoms with Gasteiger partial charge < -0.3 is 4.79 Å². The summed E-state index contributed by atoms with van der Waals surface area (Å²) in [6.07, 6.45) is 12.5. The fraction of sp³-hybridized carbons (Fsp3) is 0.733. The van der Waals surface area contributed by atoms with E-state index in [-0.39, 0.29) is 84.4 Å². The average molecular weight is 550 g/mol. The third-order valence-corrected chi connectivity index (χ3v) is 11.3. The minimum absolute atomic E-state index is 0. The van der Waals surface area contributed by atoms with E-state index < -0.39 is 16.2 Å². The van der Waals surface area contributed by atoms with Crippen LogP contribution < -0.4 is 0 Å². The van der Waals surface area contributed by atoms with Crippen LogP contribution >= 0.6 is 0 Å². The predicted octanol–water partition coefficient (Wildman–Crippen LogP) is 5.92. The van der Waals surface area contributed by atoms with Gasteiger partial charge in [-0.15, -0.1) is 5.41 Å². The Bertz CT molecular complexity index is 1090. The second-order valence-corrected chi connectivity index (χ2v) is 13.9. The summed E-state index contributed by atoms with van der Waals surface area (Å²) >= 11 is 0. The van der Waals surface area contributed by atoms with Gasteiger partial charge in [0.05, 0.1) is 5.57 Å². The third kappa shape index (κ3) is 3.54. The topological polar surface area (TPSA) is 75.0 Å². The Kier molecular flexibility index (Phi) is 6.43. The average Bonchev–Trinajstić information content (AvgIpc) is 2.77. The van der Waals surface area contributed by atoms with Crippen LogP contribution in [0.3, 0.4) is 0 Å². The van der Waals surface area contributed by atoms with Gasteiger partial charge in [-0.2, -0.15) is 5.26 Å². The zero-order valence-corrected chi connectivity index (χ0v) is 25.0. The summed E-state index contributed by atoms with van der Waals surface area (Å²) in [6.45, 7) is 12.9. The number of hydrogen-bond acceptors (Lipinski definition) is 4. The van der Waals surface area contributed by atoms with E-state index in [1.807, 2.05) is 26.0 Å². The Balaban J connectivity index is 0.00000289. The molecule has 7 unspecified atom stereocenters. The minimum atomic E-state index is -0.641. The van der Waals surface area contributed by atoms with Crippen molar-refractivity contribution in [1.82, 2.24) is 0 Å². The molecule has 0 N–H and O–H groups in total. The van der Waals surface area contributed by atoms with Crippen molar-refractivity contribution in [1.29, 1.82) is 5.26 Å². The molecule has 0 aromatic carbocycles. The van der Waals surface area contributed by atoms with Gasteiger partial charge in [0, 0.05) is 49.5 Å². The van der Waals surface area contributed by atoms with Crippen LogP contribution in [0.5, 0.6) is 0 Å². The molecule has 0 aromatic heterocycles. The SMILES string of the molecule is CC1(C)CCC2([C-]=O)CCC3C(C(=O)C=C4C5(C)C=C(C#N)C(=O)C(C)(C)C5CCC43C)C2C1.[Y]. The summed E-state index contributed by atoms with van der Waals surface area (Å²) in [5.74, 6) is 0.250. The summed E-state index contributed by atoms with van der Waals surface area (Å²) in [7, 11) is 0. The molecule has 1 radical (unpaired) electrons. The monoisotopic (exact) mass is 549 g/mol. The molecule has 0 aromatic rings. The van der Waals surface area contributed by atoms with E-state index in [0.29, 0.717) is 0 Å². The van der Waals surface area contributed by atoms with Crippen LogP contribution in [-0.4, -0.2) is 17.9 Å². The van der Waals surface area contributed by atoms with Gasteiger partial charge in [0.25, 0.3) is 0 Å². The number of hydrogen-bond donors (Lipinski definition) is 0. The molecule has 0 saturated heterocycles. The molecule has 35 heavy (non-hydrogen) atoms. The summed E-state index contributed by atoms with van der Waals surface area (Å²) in [6, 6.07) is 2.16. The number of allylic oxidation sites excluding steroid dienone is 4. The van der Waals surface area contributed by atoms with Crippen molar-refractivity contribution in [3.8, 4) is 6.07 Å². The van der Waals surface area contributed by atoms with E-state index in [0.717, 1.165) is 50.5 Å². The largest absolute Gasteiger partial charge is 0.541 e. The Labute approximate surface area is 235 Å². The number of fused-ring (bicyclic) bond motifs is 7. The molecule has 0 amide bonds. The van der Waals surface area contributed by atoms with E-state index in [4.69, 9.17) is 0 Å². The van der Waals surface area contributed by atoms with Gasteiger partial charge in [-0.05, 0) is 60.3 Å². The van der Waals surface area contributed by atoms with E-state index in [2.05, 4.69) is 40.1 Å². The summed E-state index contributed by atoms with van der Waals surface area (Å²) in [4.78, 5) is 39.4. The zero-order chi connectivity index (χ0) is 24.9. The first-order chi connectivity index (χ1) is 15.8. The van der Waals surface area contributed by atoms with E-state index in [1.165, 1.54) is 0 Å². The van der Waals surface area contributed by atoms with Crippen molar-refractivity contribution in [2.45, 2.75) is 86.5 Å². The molecule has 5 aliphatic rings. The summed E-state index contributed by atoms with van der Waals surface area (Å²) < 4.78 is 0. The Morgan fingerprint density at radius 3 is 2.29 bits per heavy atom. The maximum absolute atomic E-state index is 14.0. The predicted molar refractivity (Wildman–Crippen MR) is 130 cm³/mol. The van der Waals surface area contributed by atoms with Gasteiger partial charge in [-0.1, -0.05) is 72.5 Å². The Morgan fingerprint density at radius 2 is 1.66 bits per heavy atom. The van der Waals surface area contributed by atoms with Crippen LogP contribution in [-0.2, 0) is 47.1 Å². The molecular formula is C30H38NO3Y-. The van der Waals surface area contributed by atoms with Crippen LogP contribution in [0.1, 0.15) is 86.5 Å². The molecule has 185 valence electrons. The van der Waals surface area contributed by atoms with Crippen molar-refractivity contribution in [3.63, 3.8) is 0 Å². The molecule has 7 atom stereocenters. The van der Waals surface area contributed by atoms with Gasteiger partial charge in [0.15, 0.2) is 11.6 Å². The Morgan fingerprint density at radius 1 is 0.971 bits per heavy atom. The molecule has 0 spiro atoms. The van der Waals surface area contributed by atoms with E-state index in [9.17, 15) is 19.6 Å². The first-order valence-electron chi connectivity index (χ1n) is 13.1. The van der Waals surface area contributed by atoms with Crippen molar-refractivity contribution >= 4 is 17.9 Å². The first kappa shape index (κ1) is 27.1. The maximum Gasteiger partial charge on any atom is 0.178 e. The van der Waals surface area contributed by atoms with Gasteiger partial charge in [0.2, 0.25) is 0 Å². The Hall–Kier alpha value is -0.916. The van der Waals surface area contributed by atoms with E-state index in [1.54, 1.807) is 0 Å². The number of nitriles is 1. The molecule has 4 nitrogen and oxygen atoms in total. The van der Waals surface area contributed by atoms with Gasteiger partial charge in [-0.3, -0.25) is 15.9 Å². The summed E-state index contributed by atoms with van der Waals surface area (Å²) in [5.41, 5.74) is -0.314. The maximum atomic E-state index is 14.0. The van der Waals surface area contributed by atoms with Crippen LogP contribution in [0.15, 0.2) is 23.3 Å². The van der Waals surface area contributed by atoms with Crippen molar-refractivity contribution in [2.75, 3.05) is 0 Å². The van der Waals surface area contributed by atoms with E-state index >= 15 is 0 Å². The fourth-order valence-electron chi connectivity index (χ4n) is 9.45. The number of carbonyl (C=O) groups is 2. The molecular weight excluding hydrogens is 511 g/mol. The fourth-order valence-corrected chi connectivity index (χ4v) is 9.45. The van der Waals surface area contributed by atoms with Gasteiger partial charge in [-0.25, -0.2) is 0 Å².